The molecule has 1 rings (SSSR count). The summed E-state index contributed by atoms with van der Waals surface area (Å²) in [5, 5.41) is 3.58. The minimum atomic E-state index is 0.869. The van der Waals surface area contributed by atoms with E-state index in [1.165, 1.54) is 58.0 Å². The molecule has 0 amide bonds. The lowest BCUT2D eigenvalue weighted by atomic mass is 9.88. The Kier molecular flexibility index (Phi) is 7.97. The number of nitrogens with one attached hydrogen (secondary N) is 1. The lowest BCUT2D eigenvalue weighted by molar-refractivity contribution is 0.323. The monoisotopic (exact) mass is 253 g/mol. The SMILES string of the molecule is CCCC[C@H]1CC1C(CCNCCC)CC(C)C. The summed E-state index contributed by atoms with van der Waals surface area (Å²) in [6.45, 7) is 11.8. The van der Waals surface area contributed by atoms with Gasteiger partial charge in [0, 0.05) is 0 Å². The molecule has 3 atom stereocenters. The van der Waals surface area contributed by atoms with Crippen LogP contribution in [-0.4, -0.2) is 13.1 Å². The molecule has 0 radical (unpaired) electrons. The summed E-state index contributed by atoms with van der Waals surface area (Å²) in [5.74, 6) is 4.02. The third kappa shape index (κ3) is 6.22. The summed E-state index contributed by atoms with van der Waals surface area (Å²) >= 11 is 0. The molecule has 0 aromatic carbocycles. The van der Waals surface area contributed by atoms with Crippen molar-refractivity contribution in [2.45, 2.75) is 72.6 Å². The predicted molar refractivity (Wildman–Crippen MR) is 81.8 cm³/mol. The molecule has 0 bridgehead atoms. The molecule has 1 aliphatic carbocycles. The van der Waals surface area contributed by atoms with E-state index < -0.39 is 0 Å². The third-order valence-corrected chi connectivity index (χ3v) is 4.40. The summed E-state index contributed by atoms with van der Waals surface area (Å²) in [6.07, 6.45) is 9.97. The Labute approximate surface area is 115 Å². The molecule has 1 nitrogen and oxygen atoms in total. The lowest BCUT2D eigenvalue weighted by Crippen LogP contribution is -2.21. The van der Waals surface area contributed by atoms with Crippen LogP contribution in [0.4, 0.5) is 0 Å². The van der Waals surface area contributed by atoms with E-state index in [0.717, 1.165) is 23.7 Å². The molecule has 0 saturated heterocycles. The molecule has 1 aliphatic rings. The van der Waals surface area contributed by atoms with Gasteiger partial charge in [-0.3, -0.25) is 0 Å². The van der Waals surface area contributed by atoms with Crippen LogP contribution in [0.3, 0.4) is 0 Å². The summed E-state index contributed by atoms with van der Waals surface area (Å²) in [7, 11) is 0. The first-order valence-corrected chi connectivity index (χ1v) is 8.39. The van der Waals surface area contributed by atoms with Crippen molar-refractivity contribution in [2.75, 3.05) is 13.1 Å². The molecule has 0 aliphatic heterocycles. The van der Waals surface area contributed by atoms with Crippen molar-refractivity contribution in [3.05, 3.63) is 0 Å². The van der Waals surface area contributed by atoms with Crippen molar-refractivity contribution in [3.63, 3.8) is 0 Å². The first kappa shape index (κ1) is 16.0. The Balaban J connectivity index is 2.24. The molecule has 1 heteroatoms. The molecule has 108 valence electrons. The number of unbranched alkanes of at least 4 members (excludes halogenated alkanes) is 1. The van der Waals surface area contributed by atoms with Gasteiger partial charge in [-0.15, -0.1) is 0 Å². The minimum Gasteiger partial charge on any atom is -0.317 e. The summed E-state index contributed by atoms with van der Waals surface area (Å²) < 4.78 is 0. The fourth-order valence-corrected chi connectivity index (χ4v) is 3.35. The topological polar surface area (TPSA) is 12.0 Å². The average Bonchev–Trinajstić information content (AvgIpc) is 3.09. The molecule has 18 heavy (non-hydrogen) atoms. The van der Waals surface area contributed by atoms with Crippen LogP contribution in [0.15, 0.2) is 0 Å². The van der Waals surface area contributed by atoms with Crippen molar-refractivity contribution in [2.24, 2.45) is 23.7 Å². The molecule has 1 N–H and O–H groups in total. The van der Waals surface area contributed by atoms with E-state index in [2.05, 4.69) is 33.0 Å². The van der Waals surface area contributed by atoms with E-state index in [0.29, 0.717) is 0 Å². The van der Waals surface area contributed by atoms with Crippen LogP contribution in [0.5, 0.6) is 0 Å². The Morgan fingerprint density at radius 3 is 2.50 bits per heavy atom. The zero-order valence-corrected chi connectivity index (χ0v) is 13.2. The lowest BCUT2D eigenvalue weighted by Gasteiger charge is -2.19. The van der Waals surface area contributed by atoms with Gasteiger partial charge in [0.15, 0.2) is 0 Å². The van der Waals surface area contributed by atoms with E-state index in [1.54, 1.807) is 0 Å². The maximum Gasteiger partial charge on any atom is -0.00462 e. The minimum absolute atomic E-state index is 0.869. The zero-order chi connectivity index (χ0) is 13.4. The van der Waals surface area contributed by atoms with Gasteiger partial charge in [-0.2, -0.15) is 0 Å². The fourth-order valence-electron chi connectivity index (χ4n) is 3.35. The van der Waals surface area contributed by atoms with Crippen molar-refractivity contribution < 1.29 is 0 Å². The highest BCUT2D eigenvalue weighted by Gasteiger charge is 2.41. The van der Waals surface area contributed by atoms with Gasteiger partial charge >= 0.3 is 0 Å². The van der Waals surface area contributed by atoms with Crippen LogP contribution < -0.4 is 5.32 Å². The van der Waals surface area contributed by atoms with Crippen molar-refractivity contribution in [1.29, 1.82) is 0 Å². The van der Waals surface area contributed by atoms with Crippen molar-refractivity contribution >= 4 is 0 Å². The standard InChI is InChI=1S/C17H35N/c1-5-7-8-15-13-17(15)16(12-14(3)4)9-11-18-10-6-2/h14-18H,5-13H2,1-4H3/t15-,16?,17?/m0/s1. The molecule has 2 unspecified atom stereocenters. The van der Waals surface area contributed by atoms with Crippen LogP contribution in [0, 0.1) is 23.7 Å². The molecular formula is C17H35N. The van der Waals surface area contributed by atoms with Gasteiger partial charge in [0.1, 0.15) is 0 Å². The highest BCUT2D eigenvalue weighted by molar-refractivity contribution is 4.91. The summed E-state index contributed by atoms with van der Waals surface area (Å²) in [5.41, 5.74) is 0. The van der Waals surface area contributed by atoms with E-state index in [-0.39, 0.29) is 0 Å². The van der Waals surface area contributed by atoms with Crippen LogP contribution in [0.2, 0.25) is 0 Å². The van der Waals surface area contributed by atoms with Crippen molar-refractivity contribution in [1.82, 2.24) is 5.32 Å². The molecule has 1 fully saturated rings. The second-order valence-corrected chi connectivity index (χ2v) is 6.73. The predicted octanol–water partition coefficient (Wildman–Crippen LogP) is 4.86. The smallest absolute Gasteiger partial charge is 0.00462 e. The second-order valence-electron chi connectivity index (χ2n) is 6.73. The Morgan fingerprint density at radius 2 is 1.89 bits per heavy atom. The normalized spacial score (nSPS) is 24.5. The van der Waals surface area contributed by atoms with Gasteiger partial charge in [-0.1, -0.05) is 47.0 Å². The Hall–Kier alpha value is -0.0400. The van der Waals surface area contributed by atoms with Gasteiger partial charge < -0.3 is 5.32 Å². The van der Waals surface area contributed by atoms with E-state index in [4.69, 9.17) is 0 Å². The van der Waals surface area contributed by atoms with Gasteiger partial charge in [-0.05, 0) is 62.4 Å². The summed E-state index contributed by atoms with van der Waals surface area (Å²) in [6, 6.07) is 0. The molecular weight excluding hydrogens is 218 g/mol. The number of hydrogen-bond donors (Lipinski definition) is 1. The second kappa shape index (κ2) is 8.96. The van der Waals surface area contributed by atoms with Crippen LogP contribution in [-0.2, 0) is 0 Å². The summed E-state index contributed by atoms with van der Waals surface area (Å²) in [4.78, 5) is 0. The van der Waals surface area contributed by atoms with Crippen LogP contribution >= 0.6 is 0 Å². The van der Waals surface area contributed by atoms with E-state index in [1.807, 2.05) is 0 Å². The third-order valence-electron chi connectivity index (χ3n) is 4.40. The molecule has 0 spiro atoms. The fraction of sp³-hybridized carbons (Fsp3) is 1.00. The Bertz CT molecular complexity index is 200. The molecule has 1 saturated carbocycles. The van der Waals surface area contributed by atoms with Gasteiger partial charge in [0.2, 0.25) is 0 Å². The van der Waals surface area contributed by atoms with Crippen molar-refractivity contribution in [3.8, 4) is 0 Å². The highest BCUT2D eigenvalue weighted by Crippen LogP contribution is 2.50. The van der Waals surface area contributed by atoms with E-state index >= 15 is 0 Å². The maximum absolute atomic E-state index is 3.58. The largest absolute Gasteiger partial charge is 0.317 e. The molecule has 0 aromatic heterocycles. The average molecular weight is 253 g/mol. The van der Waals surface area contributed by atoms with Gasteiger partial charge in [0.25, 0.3) is 0 Å². The zero-order valence-electron chi connectivity index (χ0n) is 13.2. The van der Waals surface area contributed by atoms with Gasteiger partial charge in [-0.25, -0.2) is 0 Å². The first-order valence-electron chi connectivity index (χ1n) is 8.39. The van der Waals surface area contributed by atoms with Crippen LogP contribution in [0.25, 0.3) is 0 Å². The molecule has 0 heterocycles. The number of rotatable bonds is 11. The Morgan fingerprint density at radius 1 is 1.11 bits per heavy atom. The maximum atomic E-state index is 3.58. The quantitative estimate of drug-likeness (QED) is 0.518. The van der Waals surface area contributed by atoms with Crippen LogP contribution in [0.1, 0.15) is 72.6 Å². The molecule has 0 aromatic rings. The van der Waals surface area contributed by atoms with E-state index in [9.17, 15) is 0 Å². The van der Waals surface area contributed by atoms with Gasteiger partial charge in [0.05, 0.1) is 0 Å². The first-order chi connectivity index (χ1) is 8.69. The highest BCUT2D eigenvalue weighted by atomic mass is 14.8. The number of hydrogen-bond acceptors (Lipinski definition) is 1.